The third-order valence-corrected chi connectivity index (χ3v) is 7.27. The molecule has 0 saturated carbocycles. The zero-order chi connectivity index (χ0) is 18.5. The van der Waals surface area contributed by atoms with Crippen LogP contribution in [0.1, 0.15) is 28.6 Å². The number of carbonyl (C=O) groups excluding carboxylic acids is 1. The van der Waals surface area contributed by atoms with Crippen molar-refractivity contribution in [3.63, 3.8) is 0 Å². The van der Waals surface area contributed by atoms with Crippen molar-refractivity contribution >= 4 is 57.6 Å². The van der Waals surface area contributed by atoms with E-state index in [1.54, 1.807) is 36.0 Å². The summed E-state index contributed by atoms with van der Waals surface area (Å²) in [4.78, 5) is 14.4. The SMILES string of the molecule is CCCSc1sc(C(=O)Nc2cccc(Cl)c2)c(-c2cccs2)c1C#N. The van der Waals surface area contributed by atoms with Crippen molar-refractivity contribution in [2.75, 3.05) is 11.1 Å². The minimum absolute atomic E-state index is 0.222. The molecule has 0 unspecified atom stereocenters. The second-order valence-electron chi connectivity index (χ2n) is 5.37. The van der Waals surface area contributed by atoms with Gasteiger partial charge in [0.15, 0.2) is 0 Å². The van der Waals surface area contributed by atoms with Crippen LogP contribution in [0.25, 0.3) is 10.4 Å². The molecule has 132 valence electrons. The molecule has 2 aromatic heterocycles. The monoisotopic (exact) mass is 418 g/mol. The molecule has 0 atom stereocenters. The Morgan fingerprint density at radius 3 is 2.85 bits per heavy atom. The van der Waals surface area contributed by atoms with Gasteiger partial charge < -0.3 is 5.32 Å². The van der Waals surface area contributed by atoms with E-state index in [-0.39, 0.29) is 5.91 Å². The number of thiophene rings is 2. The van der Waals surface area contributed by atoms with Crippen LogP contribution in [0.2, 0.25) is 5.02 Å². The van der Waals surface area contributed by atoms with Crippen molar-refractivity contribution in [1.29, 1.82) is 5.26 Å². The average Bonchev–Trinajstić information content (AvgIpc) is 3.26. The van der Waals surface area contributed by atoms with E-state index in [9.17, 15) is 10.1 Å². The van der Waals surface area contributed by atoms with Gasteiger partial charge in [-0.2, -0.15) is 5.26 Å². The van der Waals surface area contributed by atoms with Crippen molar-refractivity contribution in [3.05, 3.63) is 57.2 Å². The molecule has 1 N–H and O–H groups in total. The predicted molar refractivity (Wildman–Crippen MR) is 113 cm³/mol. The van der Waals surface area contributed by atoms with Gasteiger partial charge in [0.05, 0.1) is 9.77 Å². The summed E-state index contributed by atoms with van der Waals surface area (Å²) < 4.78 is 0.897. The molecule has 7 heteroatoms. The largest absolute Gasteiger partial charge is 0.321 e. The van der Waals surface area contributed by atoms with Gasteiger partial charge >= 0.3 is 0 Å². The van der Waals surface area contributed by atoms with Gasteiger partial charge in [-0.1, -0.05) is 30.7 Å². The van der Waals surface area contributed by atoms with E-state index in [0.717, 1.165) is 26.8 Å². The van der Waals surface area contributed by atoms with Crippen LogP contribution in [0.15, 0.2) is 46.0 Å². The highest BCUT2D eigenvalue weighted by Crippen LogP contribution is 2.43. The first-order chi connectivity index (χ1) is 12.6. The molecule has 1 aromatic carbocycles. The van der Waals surface area contributed by atoms with E-state index in [4.69, 9.17) is 11.6 Å². The molecule has 0 aliphatic heterocycles. The Labute approximate surface area is 169 Å². The Balaban J connectivity index is 2.03. The summed E-state index contributed by atoms with van der Waals surface area (Å²) in [6, 6.07) is 13.2. The second-order valence-corrected chi connectivity index (χ2v) is 9.14. The molecular weight excluding hydrogens is 404 g/mol. The van der Waals surface area contributed by atoms with E-state index < -0.39 is 0 Å². The van der Waals surface area contributed by atoms with Crippen molar-refractivity contribution in [1.82, 2.24) is 0 Å². The van der Waals surface area contributed by atoms with Crippen molar-refractivity contribution in [2.45, 2.75) is 17.6 Å². The molecule has 0 spiro atoms. The van der Waals surface area contributed by atoms with Crippen LogP contribution in [0, 0.1) is 11.3 Å². The lowest BCUT2D eigenvalue weighted by Gasteiger charge is -2.06. The number of nitriles is 1. The molecular formula is C19H15ClN2OS3. The number of benzene rings is 1. The van der Waals surface area contributed by atoms with E-state index >= 15 is 0 Å². The third kappa shape index (κ3) is 4.13. The van der Waals surface area contributed by atoms with E-state index in [2.05, 4.69) is 18.3 Å². The standard InChI is InChI=1S/C19H15ClN2OS3/c1-2-8-25-19-14(11-21)16(15-7-4-9-24-15)17(26-19)18(23)22-13-6-3-5-12(20)10-13/h3-7,9-10H,2,8H2,1H3,(H,22,23). The first-order valence-electron chi connectivity index (χ1n) is 7.94. The highest BCUT2D eigenvalue weighted by Gasteiger charge is 2.25. The summed E-state index contributed by atoms with van der Waals surface area (Å²) in [6.07, 6.45) is 1.01. The van der Waals surface area contributed by atoms with Gasteiger partial charge in [-0.05, 0) is 41.8 Å². The van der Waals surface area contributed by atoms with Gasteiger partial charge in [-0.3, -0.25) is 4.79 Å². The van der Waals surface area contributed by atoms with Crippen LogP contribution in [-0.2, 0) is 0 Å². The quantitative estimate of drug-likeness (QED) is 0.450. The van der Waals surface area contributed by atoms with Crippen molar-refractivity contribution in [2.24, 2.45) is 0 Å². The maximum Gasteiger partial charge on any atom is 0.266 e. The summed E-state index contributed by atoms with van der Waals surface area (Å²) in [7, 11) is 0. The van der Waals surface area contributed by atoms with Crippen LogP contribution in [0.5, 0.6) is 0 Å². The fourth-order valence-electron chi connectivity index (χ4n) is 2.38. The third-order valence-electron chi connectivity index (χ3n) is 3.48. The topological polar surface area (TPSA) is 52.9 Å². The number of carbonyl (C=O) groups is 1. The van der Waals surface area contributed by atoms with E-state index in [1.807, 2.05) is 17.5 Å². The smallest absolute Gasteiger partial charge is 0.266 e. The van der Waals surface area contributed by atoms with Crippen LogP contribution in [-0.4, -0.2) is 11.7 Å². The van der Waals surface area contributed by atoms with Gasteiger partial charge in [0.1, 0.15) is 10.9 Å². The Hall–Kier alpha value is -1.78. The number of thioether (sulfide) groups is 1. The van der Waals surface area contributed by atoms with E-state index in [1.165, 1.54) is 22.7 Å². The van der Waals surface area contributed by atoms with Gasteiger partial charge in [0.25, 0.3) is 5.91 Å². The summed E-state index contributed by atoms with van der Waals surface area (Å²) in [5.41, 5.74) is 1.95. The number of halogens is 1. The Morgan fingerprint density at radius 1 is 1.35 bits per heavy atom. The summed E-state index contributed by atoms with van der Waals surface area (Å²) >= 11 is 10.5. The average molecular weight is 419 g/mol. The molecule has 0 aliphatic carbocycles. The van der Waals surface area contributed by atoms with Crippen LogP contribution in [0.4, 0.5) is 5.69 Å². The zero-order valence-corrected chi connectivity index (χ0v) is 17.1. The number of nitrogens with zero attached hydrogens (tertiary/aromatic N) is 1. The highest BCUT2D eigenvalue weighted by molar-refractivity contribution is 8.01. The number of hydrogen-bond donors (Lipinski definition) is 1. The molecule has 0 radical (unpaired) electrons. The number of anilines is 1. The minimum Gasteiger partial charge on any atom is -0.321 e. The molecule has 0 aliphatic rings. The van der Waals surface area contributed by atoms with E-state index in [0.29, 0.717) is 21.2 Å². The lowest BCUT2D eigenvalue weighted by molar-refractivity contribution is 0.103. The molecule has 3 nitrogen and oxygen atoms in total. The molecule has 0 bridgehead atoms. The maximum absolute atomic E-state index is 12.9. The molecule has 0 fully saturated rings. The summed E-state index contributed by atoms with van der Waals surface area (Å²) in [5, 5.41) is 15.1. The lowest BCUT2D eigenvalue weighted by atomic mass is 10.1. The fraction of sp³-hybridized carbons (Fsp3) is 0.158. The van der Waals surface area contributed by atoms with Gasteiger partial charge in [-0.15, -0.1) is 34.4 Å². The van der Waals surface area contributed by atoms with Crippen LogP contribution < -0.4 is 5.32 Å². The molecule has 0 saturated heterocycles. The predicted octanol–water partition coefficient (Wildman–Crippen LogP) is 6.76. The van der Waals surface area contributed by atoms with Gasteiger partial charge in [0.2, 0.25) is 0 Å². The van der Waals surface area contributed by atoms with Crippen LogP contribution in [0.3, 0.4) is 0 Å². The first kappa shape index (κ1) is 19.0. The normalized spacial score (nSPS) is 10.5. The number of rotatable bonds is 6. The Morgan fingerprint density at radius 2 is 2.19 bits per heavy atom. The molecule has 3 rings (SSSR count). The minimum atomic E-state index is -0.222. The summed E-state index contributed by atoms with van der Waals surface area (Å²) in [5.74, 6) is 0.689. The maximum atomic E-state index is 12.9. The van der Waals surface area contributed by atoms with Crippen molar-refractivity contribution < 1.29 is 4.79 Å². The summed E-state index contributed by atoms with van der Waals surface area (Å²) in [6.45, 7) is 2.10. The van der Waals surface area contributed by atoms with Gasteiger partial charge in [-0.25, -0.2) is 0 Å². The number of hydrogen-bond acceptors (Lipinski definition) is 5. The fourth-order valence-corrected chi connectivity index (χ4v) is 5.73. The zero-order valence-electron chi connectivity index (χ0n) is 13.9. The Kier molecular flexibility index (Phi) is 6.38. The Bertz CT molecular complexity index is 958. The van der Waals surface area contributed by atoms with Crippen molar-refractivity contribution in [3.8, 4) is 16.5 Å². The molecule has 3 aromatic rings. The van der Waals surface area contributed by atoms with Crippen LogP contribution >= 0.6 is 46.0 Å². The number of nitrogens with one attached hydrogen (secondary N) is 1. The molecule has 2 heterocycles. The first-order valence-corrected chi connectivity index (χ1v) is 11.0. The second kappa shape index (κ2) is 8.74. The van der Waals surface area contributed by atoms with Gasteiger partial charge in [0, 0.05) is 21.2 Å². The number of amides is 1. The lowest BCUT2D eigenvalue weighted by Crippen LogP contribution is -2.11. The molecule has 1 amide bonds. The molecule has 26 heavy (non-hydrogen) atoms. The highest BCUT2D eigenvalue weighted by atomic mass is 35.5.